The van der Waals surface area contributed by atoms with Crippen LogP contribution in [0.25, 0.3) is 11.0 Å². The molecule has 5 nitrogen and oxygen atoms in total. The van der Waals surface area contributed by atoms with Crippen molar-refractivity contribution in [1.29, 1.82) is 0 Å². The monoisotopic (exact) mass is 274 g/mol. The van der Waals surface area contributed by atoms with E-state index in [9.17, 15) is 0 Å². The molecule has 1 aromatic heterocycles. The van der Waals surface area contributed by atoms with E-state index in [1.54, 1.807) is 0 Å². The van der Waals surface area contributed by atoms with Crippen molar-refractivity contribution in [3.63, 3.8) is 0 Å². The fourth-order valence-corrected chi connectivity index (χ4v) is 2.80. The van der Waals surface area contributed by atoms with Crippen LogP contribution in [-0.2, 0) is 6.54 Å². The molecule has 20 heavy (non-hydrogen) atoms. The number of benzene rings is 1. The third-order valence-corrected chi connectivity index (χ3v) is 3.92. The van der Waals surface area contributed by atoms with Gasteiger partial charge in [-0.05, 0) is 19.3 Å². The Balaban J connectivity index is 1.84. The fraction of sp³-hybridized carbons (Fsp3) is 0.533. The van der Waals surface area contributed by atoms with Crippen LogP contribution in [0.4, 0.5) is 0 Å². The lowest BCUT2D eigenvalue weighted by molar-refractivity contribution is 0.172. The number of fused-ring (bicyclic) bond motifs is 2. The average Bonchev–Trinajstić information content (AvgIpc) is 3.26. The Hall–Kier alpha value is -1.75. The number of aliphatic hydroxyl groups excluding tert-OH is 1. The Morgan fingerprint density at radius 1 is 1.20 bits per heavy atom. The van der Waals surface area contributed by atoms with E-state index in [0.29, 0.717) is 19.1 Å². The molecule has 1 aliphatic carbocycles. The molecular formula is C15H18N2O3. The zero-order valence-corrected chi connectivity index (χ0v) is 11.3. The fourth-order valence-electron chi connectivity index (χ4n) is 2.80. The van der Waals surface area contributed by atoms with Crippen molar-refractivity contribution in [2.45, 2.75) is 31.7 Å². The van der Waals surface area contributed by atoms with Gasteiger partial charge in [0, 0.05) is 31.2 Å². The molecule has 1 N–H and O–H groups in total. The van der Waals surface area contributed by atoms with Gasteiger partial charge in [-0.25, -0.2) is 4.98 Å². The van der Waals surface area contributed by atoms with Crippen LogP contribution in [0.15, 0.2) is 12.1 Å². The molecule has 0 atom stereocenters. The first-order valence-electron chi connectivity index (χ1n) is 7.27. The van der Waals surface area contributed by atoms with Crippen molar-refractivity contribution in [2.75, 3.05) is 19.8 Å². The molecule has 1 aliphatic heterocycles. The van der Waals surface area contributed by atoms with Crippen molar-refractivity contribution in [2.24, 2.45) is 0 Å². The molecule has 106 valence electrons. The van der Waals surface area contributed by atoms with Crippen molar-refractivity contribution in [1.82, 2.24) is 9.55 Å². The second-order valence-electron chi connectivity index (χ2n) is 5.46. The zero-order valence-electron chi connectivity index (χ0n) is 11.3. The second kappa shape index (κ2) is 4.66. The number of hydrogen-bond acceptors (Lipinski definition) is 4. The maximum Gasteiger partial charge on any atom is 0.163 e. The summed E-state index contributed by atoms with van der Waals surface area (Å²) < 4.78 is 13.5. The summed E-state index contributed by atoms with van der Waals surface area (Å²) in [5.74, 6) is 3.32. The Labute approximate surface area is 117 Å². The lowest BCUT2D eigenvalue weighted by Crippen LogP contribution is -2.15. The summed E-state index contributed by atoms with van der Waals surface area (Å²) in [7, 11) is 0. The average molecular weight is 274 g/mol. The van der Waals surface area contributed by atoms with Crippen molar-refractivity contribution < 1.29 is 14.6 Å². The van der Waals surface area contributed by atoms with Crippen molar-refractivity contribution in [3.8, 4) is 11.5 Å². The Morgan fingerprint density at radius 3 is 2.65 bits per heavy atom. The number of aliphatic hydroxyl groups is 1. The number of nitrogens with zero attached hydrogens (tertiary/aromatic N) is 2. The molecule has 2 aliphatic rings. The third-order valence-electron chi connectivity index (χ3n) is 3.92. The molecule has 5 heteroatoms. The van der Waals surface area contributed by atoms with Gasteiger partial charge < -0.3 is 19.1 Å². The van der Waals surface area contributed by atoms with E-state index in [0.717, 1.165) is 41.3 Å². The highest BCUT2D eigenvalue weighted by molar-refractivity contribution is 5.81. The quantitative estimate of drug-likeness (QED) is 0.927. The first kappa shape index (κ1) is 12.0. The van der Waals surface area contributed by atoms with E-state index in [4.69, 9.17) is 19.6 Å². The summed E-state index contributed by atoms with van der Waals surface area (Å²) in [5.41, 5.74) is 2.05. The van der Waals surface area contributed by atoms with E-state index >= 15 is 0 Å². The van der Waals surface area contributed by atoms with Crippen LogP contribution < -0.4 is 9.47 Å². The topological polar surface area (TPSA) is 56.5 Å². The van der Waals surface area contributed by atoms with Gasteiger partial charge in [0.25, 0.3) is 0 Å². The molecule has 1 fully saturated rings. The standard InChI is InChI=1S/C15H18N2O3/c18-5-1-4-17-12-9-14-13(19-6-7-20-14)8-11(12)16-15(17)10-2-3-10/h8-10,18H,1-7H2. The molecule has 0 amide bonds. The predicted molar refractivity (Wildman–Crippen MR) is 74.4 cm³/mol. The van der Waals surface area contributed by atoms with Crippen LogP contribution in [0.3, 0.4) is 0 Å². The van der Waals surface area contributed by atoms with Gasteiger partial charge in [-0.1, -0.05) is 0 Å². The van der Waals surface area contributed by atoms with Crippen LogP contribution in [-0.4, -0.2) is 34.5 Å². The van der Waals surface area contributed by atoms with E-state index < -0.39 is 0 Å². The highest BCUT2D eigenvalue weighted by Crippen LogP contribution is 2.42. The first-order valence-corrected chi connectivity index (χ1v) is 7.27. The molecule has 2 heterocycles. The lowest BCUT2D eigenvalue weighted by atomic mass is 10.2. The Kier molecular flexibility index (Phi) is 2.80. The molecule has 1 saturated carbocycles. The Bertz CT molecular complexity index is 646. The van der Waals surface area contributed by atoms with Gasteiger partial charge in [-0.3, -0.25) is 0 Å². The molecule has 0 unspecified atom stereocenters. The number of ether oxygens (including phenoxy) is 2. The van der Waals surface area contributed by atoms with Crippen LogP contribution in [0, 0.1) is 0 Å². The minimum atomic E-state index is 0.203. The van der Waals surface area contributed by atoms with E-state index in [2.05, 4.69) is 4.57 Å². The predicted octanol–water partition coefficient (Wildman–Crippen LogP) is 2.07. The summed E-state index contributed by atoms with van der Waals surface area (Å²) in [6.45, 7) is 2.20. The summed E-state index contributed by atoms with van der Waals surface area (Å²) in [4.78, 5) is 4.78. The number of aryl methyl sites for hydroxylation is 1. The van der Waals surface area contributed by atoms with Crippen LogP contribution >= 0.6 is 0 Å². The molecule has 0 radical (unpaired) electrons. The number of hydrogen-bond donors (Lipinski definition) is 1. The highest BCUT2D eigenvalue weighted by Gasteiger charge is 2.30. The second-order valence-corrected chi connectivity index (χ2v) is 5.46. The minimum Gasteiger partial charge on any atom is -0.486 e. The van der Waals surface area contributed by atoms with Crippen LogP contribution in [0.2, 0.25) is 0 Å². The van der Waals surface area contributed by atoms with Gasteiger partial charge in [0.1, 0.15) is 19.0 Å². The molecule has 1 aromatic carbocycles. The van der Waals surface area contributed by atoms with Crippen molar-refractivity contribution >= 4 is 11.0 Å². The van der Waals surface area contributed by atoms with Gasteiger partial charge in [-0.15, -0.1) is 0 Å². The SMILES string of the molecule is OCCCn1c(C2CC2)nc2cc3c(cc21)OCCO3. The van der Waals surface area contributed by atoms with E-state index in [1.165, 1.54) is 12.8 Å². The summed E-state index contributed by atoms with van der Waals surface area (Å²) in [5, 5.41) is 9.10. The third kappa shape index (κ3) is 1.93. The largest absolute Gasteiger partial charge is 0.486 e. The van der Waals surface area contributed by atoms with Gasteiger partial charge in [0.2, 0.25) is 0 Å². The van der Waals surface area contributed by atoms with E-state index in [1.807, 2.05) is 12.1 Å². The Morgan fingerprint density at radius 2 is 1.95 bits per heavy atom. The maximum atomic E-state index is 9.10. The molecule has 0 spiro atoms. The smallest absolute Gasteiger partial charge is 0.163 e. The van der Waals surface area contributed by atoms with Crippen LogP contribution in [0.1, 0.15) is 31.0 Å². The number of rotatable bonds is 4. The number of aromatic nitrogens is 2. The summed E-state index contributed by atoms with van der Waals surface area (Å²) >= 11 is 0. The molecular weight excluding hydrogens is 256 g/mol. The van der Waals surface area contributed by atoms with Crippen LogP contribution in [0.5, 0.6) is 11.5 Å². The van der Waals surface area contributed by atoms with Gasteiger partial charge in [-0.2, -0.15) is 0 Å². The lowest BCUT2D eigenvalue weighted by Gasteiger charge is -2.18. The summed E-state index contributed by atoms with van der Waals surface area (Å²) in [6, 6.07) is 4.01. The first-order chi connectivity index (χ1) is 9.86. The zero-order chi connectivity index (χ0) is 13.5. The van der Waals surface area contributed by atoms with Crippen molar-refractivity contribution in [3.05, 3.63) is 18.0 Å². The number of imidazole rings is 1. The molecule has 2 aromatic rings. The van der Waals surface area contributed by atoms with Gasteiger partial charge in [0.15, 0.2) is 11.5 Å². The van der Waals surface area contributed by atoms with E-state index in [-0.39, 0.29) is 6.61 Å². The summed E-state index contributed by atoms with van der Waals surface area (Å²) in [6.07, 6.45) is 3.18. The normalized spacial score (nSPS) is 17.6. The van der Waals surface area contributed by atoms with Gasteiger partial charge >= 0.3 is 0 Å². The minimum absolute atomic E-state index is 0.203. The highest BCUT2D eigenvalue weighted by atomic mass is 16.6. The molecule has 0 bridgehead atoms. The molecule has 4 rings (SSSR count). The van der Waals surface area contributed by atoms with Gasteiger partial charge in [0.05, 0.1) is 11.0 Å². The maximum absolute atomic E-state index is 9.10. The molecule has 0 saturated heterocycles.